The fraction of sp³-hybridized carbons (Fsp3) is 0.909. The zero-order valence-corrected chi connectivity index (χ0v) is 9.02. The van der Waals surface area contributed by atoms with Gasteiger partial charge in [0.1, 0.15) is 0 Å². The molecule has 0 aromatic heterocycles. The van der Waals surface area contributed by atoms with Crippen molar-refractivity contribution in [1.82, 2.24) is 0 Å². The third-order valence-corrected chi connectivity index (χ3v) is 1.72. The maximum Gasteiger partial charge on any atom is 0.0580 e. The zero-order chi connectivity index (χ0) is 9.61. The normalized spacial score (nSPS) is 14.8. The summed E-state index contributed by atoms with van der Waals surface area (Å²) in [4.78, 5) is 0. The summed E-state index contributed by atoms with van der Waals surface area (Å²) in [7, 11) is 0. The largest absolute Gasteiger partial charge is 0.378 e. The third-order valence-electron chi connectivity index (χ3n) is 1.72. The molecule has 0 saturated carbocycles. The molecule has 0 aliphatic rings. The Morgan fingerprint density at radius 2 is 1.92 bits per heavy atom. The number of ether oxygens (including phenoxy) is 1. The van der Waals surface area contributed by atoms with Gasteiger partial charge in [-0.05, 0) is 24.7 Å². The van der Waals surface area contributed by atoms with E-state index in [1.54, 1.807) is 0 Å². The van der Waals surface area contributed by atoms with Gasteiger partial charge in [-0.2, -0.15) is 0 Å². The second kappa shape index (κ2) is 5.58. The molecule has 0 amide bonds. The molecule has 1 atom stereocenters. The van der Waals surface area contributed by atoms with Gasteiger partial charge in [-0.3, -0.25) is 0 Å². The van der Waals surface area contributed by atoms with Crippen molar-refractivity contribution >= 4 is 0 Å². The number of rotatable bonds is 5. The maximum absolute atomic E-state index is 5.65. The van der Waals surface area contributed by atoms with Crippen molar-refractivity contribution in [2.75, 3.05) is 6.61 Å². The van der Waals surface area contributed by atoms with E-state index in [0.717, 1.165) is 25.9 Å². The van der Waals surface area contributed by atoms with E-state index in [1.807, 2.05) is 0 Å². The first-order valence-corrected chi connectivity index (χ1v) is 4.90. The van der Waals surface area contributed by atoms with E-state index in [2.05, 4.69) is 34.6 Å². The van der Waals surface area contributed by atoms with Gasteiger partial charge >= 0.3 is 0 Å². The molecule has 1 nitrogen and oxygen atoms in total. The van der Waals surface area contributed by atoms with Crippen LogP contribution in [-0.2, 0) is 4.74 Å². The van der Waals surface area contributed by atoms with Crippen molar-refractivity contribution in [2.45, 2.75) is 53.1 Å². The summed E-state index contributed by atoms with van der Waals surface area (Å²) in [6.07, 6.45) is 3.44. The Morgan fingerprint density at radius 1 is 1.33 bits per heavy atom. The molecule has 0 N–H and O–H groups in total. The summed E-state index contributed by atoms with van der Waals surface area (Å²) in [5.41, 5.74) is 0.357. The van der Waals surface area contributed by atoms with Crippen LogP contribution in [0.1, 0.15) is 47.0 Å². The molecular formula is C11H23O. The first-order valence-electron chi connectivity index (χ1n) is 4.90. The van der Waals surface area contributed by atoms with E-state index < -0.39 is 0 Å². The molecule has 0 saturated heterocycles. The quantitative estimate of drug-likeness (QED) is 0.615. The molecule has 0 bridgehead atoms. The standard InChI is InChI=1S/C11H23O/c1-6-8-12-10(7-2)9-11(3,4)5/h10H,2,6-9H2,1,3-5H3. The van der Waals surface area contributed by atoms with Crippen LogP contribution in [-0.4, -0.2) is 12.7 Å². The van der Waals surface area contributed by atoms with E-state index in [1.165, 1.54) is 0 Å². The molecule has 0 heterocycles. The van der Waals surface area contributed by atoms with Crippen LogP contribution in [0.4, 0.5) is 0 Å². The summed E-state index contributed by atoms with van der Waals surface area (Å²) >= 11 is 0. The number of hydrogen-bond donors (Lipinski definition) is 0. The second-order valence-corrected chi connectivity index (χ2v) is 4.55. The lowest BCUT2D eigenvalue weighted by Crippen LogP contribution is -2.20. The average molecular weight is 171 g/mol. The van der Waals surface area contributed by atoms with E-state index in [0.29, 0.717) is 11.5 Å². The SMILES string of the molecule is [CH2]CC(CC(C)(C)C)OCCC. The predicted octanol–water partition coefficient (Wildman–Crippen LogP) is 3.44. The van der Waals surface area contributed by atoms with Gasteiger partial charge in [0.25, 0.3) is 0 Å². The van der Waals surface area contributed by atoms with Gasteiger partial charge in [0.05, 0.1) is 6.10 Å². The van der Waals surface area contributed by atoms with Gasteiger partial charge in [0.15, 0.2) is 0 Å². The van der Waals surface area contributed by atoms with Crippen molar-refractivity contribution in [3.8, 4) is 0 Å². The molecule has 0 aromatic rings. The lowest BCUT2D eigenvalue weighted by atomic mass is 9.88. The first-order chi connectivity index (χ1) is 5.49. The number of hydrogen-bond acceptors (Lipinski definition) is 1. The Kier molecular flexibility index (Phi) is 5.56. The van der Waals surface area contributed by atoms with Crippen molar-refractivity contribution < 1.29 is 4.74 Å². The molecule has 0 aliphatic heterocycles. The lowest BCUT2D eigenvalue weighted by molar-refractivity contribution is 0.0278. The van der Waals surface area contributed by atoms with Gasteiger partial charge in [0, 0.05) is 6.61 Å². The minimum Gasteiger partial charge on any atom is -0.378 e. The summed E-state index contributed by atoms with van der Waals surface area (Å²) in [5.74, 6) is 0. The van der Waals surface area contributed by atoms with E-state index in [-0.39, 0.29) is 0 Å². The van der Waals surface area contributed by atoms with Crippen LogP contribution < -0.4 is 0 Å². The molecule has 0 spiro atoms. The molecule has 0 rings (SSSR count). The van der Waals surface area contributed by atoms with Crippen LogP contribution in [0.25, 0.3) is 0 Å². The molecule has 73 valence electrons. The Bertz CT molecular complexity index is 102. The van der Waals surface area contributed by atoms with Gasteiger partial charge in [-0.1, -0.05) is 34.6 Å². The summed E-state index contributed by atoms with van der Waals surface area (Å²) in [5, 5.41) is 0. The molecule has 0 aromatic carbocycles. The van der Waals surface area contributed by atoms with Crippen LogP contribution in [0.15, 0.2) is 0 Å². The van der Waals surface area contributed by atoms with Crippen molar-refractivity contribution in [3.05, 3.63) is 6.92 Å². The van der Waals surface area contributed by atoms with Gasteiger partial charge in [-0.15, -0.1) is 0 Å². The highest BCUT2D eigenvalue weighted by molar-refractivity contribution is 4.70. The predicted molar refractivity (Wildman–Crippen MR) is 54.1 cm³/mol. The lowest BCUT2D eigenvalue weighted by Gasteiger charge is -2.25. The monoisotopic (exact) mass is 171 g/mol. The summed E-state index contributed by atoms with van der Waals surface area (Å²) in [6, 6.07) is 0. The zero-order valence-electron chi connectivity index (χ0n) is 9.02. The highest BCUT2D eigenvalue weighted by atomic mass is 16.5. The fourth-order valence-electron chi connectivity index (χ4n) is 1.21. The van der Waals surface area contributed by atoms with Gasteiger partial charge in [0.2, 0.25) is 0 Å². The molecule has 0 aliphatic carbocycles. The third kappa shape index (κ3) is 6.66. The minimum absolute atomic E-state index is 0.352. The Hall–Kier alpha value is -0.0400. The van der Waals surface area contributed by atoms with E-state index in [9.17, 15) is 0 Å². The molecule has 1 unspecified atom stereocenters. The van der Waals surface area contributed by atoms with Crippen LogP contribution in [0, 0.1) is 12.3 Å². The second-order valence-electron chi connectivity index (χ2n) is 4.55. The van der Waals surface area contributed by atoms with E-state index in [4.69, 9.17) is 4.74 Å². The van der Waals surface area contributed by atoms with Crippen LogP contribution in [0.2, 0.25) is 0 Å². The Morgan fingerprint density at radius 3 is 2.25 bits per heavy atom. The van der Waals surface area contributed by atoms with Crippen LogP contribution in [0.5, 0.6) is 0 Å². The maximum atomic E-state index is 5.65. The Labute approximate surface area is 77.5 Å². The fourth-order valence-corrected chi connectivity index (χ4v) is 1.21. The molecule has 12 heavy (non-hydrogen) atoms. The molecule has 1 radical (unpaired) electrons. The van der Waals surface area contributed by atoms with Crippen molar-refractivity contribution in [2.24, 2.45) is 5.41 Å². The highest BCUT2D eigenvalue weighted by Gasteiger charge is 2.17. The molecular weight excluding hydrogens is 148 g/mol. The van der Waals surface area contributed by atoms with Crippen molar-refractivity contribution in [1.29, 1.82) is 0 Å². The summed E-state index contributed by atoms with van der Waals surface area (Å²) < 4.78 is 5.65. The van der Waals surface area contributed by atoms with Crippen molar-refractivity contribution in [3.63, 3.8) is 0 Å². The minimum atomic E-state index is 0.352. The topological polar surface area (TPSA) is 9.23 Å². The average Bonchev–Trinajstić information content (AvgIpc) is 1.95. The molecule has 1 heteroatoms. The molecule has 0 fully saturated rings. The highest BCUT2D eigenvalue weighted by Crippen LogP contribution is 2.23. The van der Waals surface area contributed by atoms with Crippen LogP contribution in [0.3, 0.4) is 0 Å². The summed E-state index contributed by atoms with van der Waals surface area (Å²) in [6.45, 7) is 13.6. The first kappa shape index (κ1) is 12.0. The van der Waals surface area contributed by atoms with Gasteiger partial charge in [-0.25, -0.2) is 0 Å². The Balaban J connectivity index is 3.67. The van der Waals surface area contributed by atoms with Crippen LogP contribution >= 0.6 is 0 Å². The van der Waals surface area contributed by atoms with E-state index >= 15 is 0 Å². The smallest absolute Gasteiger partial charge is 0.0580 e. The van der Waals surface area contributed by atoms with Gasteiger partial charge < -0.3 is 4.74 Å².